The van der Waals surface area contributed by atoms with Gasteiger partial charge in [-0.2, -0.15) is 5.10 Å². The number of H-pyrrole nitrogens is 2. The van der Waals surface area contributed by atoms with Gasteiger partial charge in [-0.1, -0.05) is 6.07 Å². The van der Waals surface area contributed by atoms with Crippen LogP contribution >= 0.6 is 0 Å². The van der Waals surface area contributed by atoms with Crippen LogP contribution in [0, 0.1) is 6.92 Å². The molecule has 0 fully saturated rings. The third-order valence-corrected chi connectivity index (χ3v) is 2.67. The number of pyridine rings is 1. The zero-order valence-corrected chi connectivity index (χ0v) is 11.2. The molecule has 2 rings (SSSR count). The van der Waals surface area contributed by atoms with E-state index in [1.54, 1.807) is 31.3 Å². The highest BCUT2D eigenvalue weighted by molar-refractivity contribution is 5.82. The Morgan fingerprint density at radius 1 is 1.38 bits per heavy atom. The van der Waals surface area contributed by atoms with Gasteiger partial charge in [0.05, 0.1) is 18.3 Å². The molecule has 0 unspecified atom stereocenters. The number of carbonyl (C=O) groups excluding carboxylic acids is 1. The zero-order valence-electron chi connectivity index (χ0n) is 11.2. The number of aromatic amines is 2. The number of amides is 1. The van der Waals surface area contributed by atoms with Crippen LogP contribution in [0.1, 0.15) is 17.0 Å². The van der Waals surface area contributed by atoms with E-state index in [0.29, 0.717) is 11.4 Å². The Morgan fingerprint density at radius 2 is 2.19 bits per heavy atom. The van der Waals surface area contributed by atoms with E-state index in [0.717, 1.165) is 0 Å². The molecule has 8 heteroatoms. The van der Waals surface area contributed by atoms with Crippen molar-refractivity contribution in [1.29, 1.82) is 0 Å². The number of carbonyl (C=O) groups is 1. The molecular weight excluding hydrogens is 274 g/mol. The van der Waals surface area contributed by atoms with E-state index in [9.17, 15) is 14.4 Å². The van der Waals surface area contributed by atoms with Crippen LogP contribution in [0.3, 0.4) is 0 Å². The summed E-state index contributed by atoms with van der Waals surface area (Å²) in [4.78, 5) is 42.8. The van der Waals surface area contributed by atoms with Crippen molar-refractivity contribution >= 4 is 12.1 Å². The summed E-state index contributed by atoms with van der Waals surface area (Å²) in [6.07, 6.45) is 2.81. The van der Waals surface area contributed by atoms with Gasteiger partial charge in [0.15, 0.2) is 0 Å². The van der Waals surface area contributed by atoms with Crippen molar-refractivity contribution in [2.75, 3.05) is 0 Å². The molecule has 8 nitrogen and oxygen atoms in total. The van der Waals surface area contributed by atoms with Crippen LogP contribution in [0.5, 0.6) is 0 Å². The van der Waals surface area contributed by atoms with Crippen LogP contribution in [0.15, 0.2) is 39.1 Å². The monoisotopic (exact) mass is 287 g/mol. The fourth-order valence-corrected chi connectivity index (χ4v) is 1.66. The van der Waals surface area contributed by atoms with Gasteiger partial charge in [0, 0.05) is 17.5 Å². The quantitative estimate of drug-likeness (QED) is 0.516. The van der Waals surface area contributed by atoms with Gasteiger partial charge in [-0.25, -0.2) is 10.2 Å². The van der Waals surface area contributed by atoms with Crippen molar-refractivity contribution in [3.8, 4) is 0 Å². The van der Waals surface area contributed by atoms with Crippen LogP contribution in [-0.4, -0.2) is 27.1 Å². The standard InChI is InChI=1S/C13H13N5O3/c1-8-10(12(20)17-13(21)16-8)6-11(19)18-15-7-9-4-2-3-5-14-9/h2-5,7H,6H2,1H3,(H,18,19)(H2,16,17,20,21)/b15-7-. The lowest BCUT2D eigenvalue weighted by Crippen LogP contribution is -2.30. The van der Waals surface area contributed by atoms with E-state index in [-0.39, 0.29) is 12.0 Å². The molecule has 108 valence electrons. The number of hydrogen-bond donors (Lipinski definition) is 3. The molecular formula is C13H13N5O3. The molecule has 2 heterocycles. The summed E-state index contributed by atoms with van der Waals surface area (Å²) in [5.41, 5.74) is 2.25. The lowest BCUT2D eigenvalue weighted by atomic mass is 10.1. The molecule has 0 saturated heterocycles. The van der Waals surface area contributed by atoms with Gasteiger partial charge in [-0.3, -0.25) is 19.6 Å². The maximum absolute atomic E-state index is 11.7. The second-order valence-electron chi connectivity index (χ2n) is 4.24. The summed E-state index contributed by atoms with van der Waals surface area (Å²) >= 11 is 0. The molecule has 2 aromatic heterocycles. The fourth-order valence-electron chi connectivity index (χ4n) is 1.66. The molecule has 21 heavy (non-hydrogen) atoms. The number of nitrogens with zero attached hydrogens (tertiary/aromatic N) is 2. The molecule has 2 aromatic rings. The molecule has 0 radical (unpaired) electrons. The maximum Gasteiger partial charge on any atom is 0.325 e. The lowest BCUT2D eigenvalue weighted by Gasteiger charge is -2.02. The van der Waals surface area contributed by atoms with Crippen molar-refractivity contribution in [3.05, 3.63) is 62.2 Å². The van der Waals surface area contributed by atoms with Crippen molar-refractivity contribution in [2.45, 2.75) is 13.3 Å². The summed E-state index contributed by atoms with van der Waals surface area (Å²) < 4.78 is 0. The third-order valence-electron chi connectivity index (χ3n) is 2.67. The van der Waals surface area contributed by atoms with E-state index in [2.05, 4.69) is 25.5 Å². The molecule has 0 saturated carbocycles. The van der Waals surface area contributed by atoms with Gasteiger partial charge in [-0.15, -0.1) is 0 Å². The highest BCUT2D eigenvalue weighted by Gasteiger charge is 2.10. The molecule has 0 bridgehead atoms. The molecule has 0 aliphatic heterocycles. The highest BCUT2D eigenvalue weighted by atomic mass is 16.2. The van der Waals surface area contributed by atoms with Crippen molar-refractivity contribution in [2.24, 2.45) is 5.10 Å². The van der Waals surface area contributed by atoms with Crippen molar-refractivity contribution < 1.29 is 4.79 Å². The smallest absolute Gasteiger partial charge is 0.311 e. The van der Waals surface area contributed by atoms with Gasteiger partial charge in [-0.05, 0) is 19.1 Å². The molecule has 0 aliphatic rings. The Morgan fingerprint density at radius 3 is 2.86 bits per heavy atom. The Balaban J connectivity index is 2.01. The first-order valence-electron chi connectivity index (χ1n) is 6.11. The Kier molecular flexibility index (Phi) is 4.39. The Labute approximate surface area is 119 Å². The molecule has 0 atom stereocenters. The summed E-state index contributed by atoms with van der Waals surface area (Å²) in [6, 6.07) is 5.28. The molecule has 1 amide bonds. The number of hydrazone groups is 1. The minimum atomic E-state index is -0.602. The van der Waals surface area contributed by atoms with Gasteiger partial charge in [0.1, 0.15) is 0 Å². The maximum atomic E-state index is 11.7. The molecule has 0 aromatic carbocycles. The van der Waals surface area contributed by atoms with Gasteiger partial charge < -0.3 is 4.98 Å². The first kappa shape index (κ1) is 14.4. The minimum absolute atomic E-state index is 0.183. The number of hydrogen-bond acceptors (Lipinski definition) is 5. The first-order chi connectivity index (χ1) is 10.1. The number of nitrogens with one attached hydrogen (secondary N) is 3. The summed E-state index contributed by atoms with van der Waals surface area (Å²) in [7, 11) is 0. The normalized spacial score (nSPS) is 10.7. The second-order valence-corrected chi connectivity index (χ2v) is 4.24. The van der Waals surface area contributed by atoms with Crippen molar-refractivity contribution in [1.82, 2.24) is 20.4 Å². The fraction of sp³-hybridized carbons (Fsp3) is 0.154. The number of rotatable bonds is 4. The predicted molar refractivity (Wildman–Crippen MR) is 76.1 cm³/mol. The Bertz CT molecular complexity index is 776. The van der Waals surface area contributed by atoms with E-state index < -0.39 is 17.2 Å². The zero-order chi connectivity index (χ0) is 15.2. The SMILES string of the molecule is Cc1[nH]c(=O)[nH]c(=O)c1CC(=O)N/N=C\c1ccccn1. The van der Waals surface area contributed by atoms with E-state index in [1.165, 1.54) is 6.21 Å². The largest absolute Gasteiger partial charge is 0.325 e. The van der Waals surface area contributed by atoms with E-state index in [1.807, 2.05) is 0 Å². The van der Waals surface area contributed by atoms with Gasteiger partial charge in [0.25, 0.3) is 5.56 Å². The number of aromatic nitrogens is 3. The van der Waals surface area contributed by atoms with Crippen LogP contribution in [-0.2, 0) is 11.2 Å². The Hall–Kier alpha value is -3.03. The van der Waals surface area contributed by atoms with Crippen LogP contribution in [0.25, 0.3) is 0 Å². The third kappa shape index (κ3) is 3.96. The van der Waals surface area contributed by atoms with Gasteiger partial charge >= 0.3 is 5.69 Å². The summed E-state index contributed by atoms with van der Waals surface area (Å²) in [6.45, 7) is 1.55. The average molecular weight is 287 g/mol. The second kappa shape index (κ2) is 6.42. The van der Waals surface area contributed by atoms with E-state index >= 15 is 0 Å². The van der Waals surface area contributed by atoms with Gasteiger partial charge in [0.2, 0.25) is 5.91 Å². The molecule has 0 spiro atoms. The van der Waals surface area contributed by atoms with Crippen LogP contribution < -0.4 is 16.7 Å². The number of aryl methyl sites for hydroxylation is 1. The molecule has 3 N–H and O–H groups in total. The molecule has 0 aliphatic carbocycles. The topological polar surface area (TPSA) is 120 Å². The summed E-state index contributed by atoms with van der Waals surface area (Å²) in [5, 5.41) is 3.74. The van der Waals surface area contributed by atoms with Crippen molar-refractivity contribution in [3.63, 3.8) is 0 Å². The average Bonchev–Trinajstić information content (AvgIpc) is 2.44. The highest BCUT2D eigenvalue weighted by Crippen LogP contribution is 1.96. The van der Waals surface area contributed by atoms with E-state index in [4.69, 9.17) is 0 Å². The van der Waals surface area contributed by atoms with Crippen LogP contribution in [0.4, 0.5) is 0 Å². The minimum Gasteiger partial charge on any atom is -0.311 e. The summed E-state index contributed by atoms with van der Waals surface area (Å²) in [5.74, 6) is -0.470. The predicted octanol–water partition coefficient (Wildman–Crippen LogP) is -0.541. The van der Waals surface area contributed by atoms with Crippen LogP contribution in [0.2, 0.25) is 0 Å². The lowest BCUT2D eigenvalue weighted by molar-refractivity contribution is -0.120. The first-order valence-corrected chi connectivity index (χ1v) is 6.11.